The molecular weight excluding hydrogens is 303 g/mol. The number of rotatable bonds is 6. The molecule has 0 bridgehead atoms. The molecule has 2 heterocycles. The van der Waals surface area contributed by atoms with Gasteiger partial charge in [-0.2, -0.15) is 0 Å². The second kappa shape index (κ2) is 6.74. The van der Waals surface area contributed by atoms with E-state index in [1.165, 1.54) is 45.0 Å². The molecule has 1 saturated carbocycles. The van der Waals surface area contributed by atoms with Crippen LogP contribution in [0, 0.1) is 23.1 Å². The summed E-state index contributed by atoms with van der Waals surface area (Å²) >= 11 is 0. The predicted molar refractivity (Wildman–Crippen MR) is 93.3 cm³/mol. The van der Waals surface area contributed by atoms with Crippen LogP contribution in [-0.4, -0.2) is 56.2 Å². The predicted octanol–water partition coefficient (Wildman–Crippen LogP) is 3.01. The van der Waals surface area contributed by atoms with Crippen LogP contribution in [0.4, 0.5) is 4.39 Å². The number of hydrogen-bond acceptors (Lipinski definition) is 3. The lowest BCUT2D eigenvalue weighted by molar-refractivity contribution is 0.0959. The normalized spacial score (nSPS) is 31.3. The van der Waals surface area contributed by atoms with Gasteiger partial charge in [-0.25, -0.2) is 4.39 Å². The van der Waals surface area contributed by atoms with Gasteiger partial charge in [0.2, 0.25) is 0 Å². The van der Waals surface area contributed by atoms with E-state index in [4.69, 9.17) is 4.74 Å². The van der Waals surface area contributed by atoms with Crippen LogP contribution < -0.4 is 0 Å². The van der Waals surface area contributed by atoms with E-state index in [1.807, 2.05) is 19.2 Å². The van der Waals surface area contributed by atoms with Crippen LogP contribution in [0.5, 0.6) is 0 Å². The summed E-state index contributed by atoms with van der Waals surface area (Å²) in [6.45, 7) is 7.67. The Morgan fingerprint density at radius 2 is 2.08 bits per heavy atom. The van der Waals surface area contributed by atoms with Crippen LogP contribution in [0.3, 0.4) is 0 Å². The molecule has 2 saturated heterocycles. The highest BCUT2D eigenvalue weighted by atomic mass is 19.1. The Morgan fingerprint density at radius 3 is 2.83 bits per heavy atom. The maximum Gasteiger partial charge on any atom is 0.123 e. The monoisotopic (exact) mass is 332 g/mol. The van der Waals surface area contributed by atoms with Crippen molar-refractivity contribution in [2.24, 2.45) is 17.3 Å². The smallest absolute Gasteiger partial charge is 0.123 e. The van der Waals surface area contributed by atoms with Crippen LogP contribution in [-0.2, 0) is 11.3 Å². The number of nitrogens with zero attached hydrogens (tertiary/aromatic N) is 2. The second-order valence-electron chi connectivity index (χ2n) is 8.24. The van der Waals surface area contributed by atoms with Crippen molar-refractivity contribution in [1.29, 1.82) is 0 Å². The summed E-state index contributed by atoms with van der Waals surface area (Å²) in [6.07, 6.45) is 4.09. The second-order valence-corrected chi connectivity index (χ2v) is 8.24. The molecule has 3 nitrogen and oxygen atoms in total. The fourth-order valence-electron chi connectivity index (χ4n) is 4.85. The zero-order chi connectivity index (χ0) is 16.6. The third-order valence-corrected chi connectivity index (χ3v) is 6.22. The van der Waals surface area contributed by atoms with Crippen LogP contribution in [0.2, 0.25) is 0 Å². The van der Waals surface area contributed by atoms with Crippen molar-refractivity contribution in [2.75, 3.05) is 46.4 Å². The van der Waals surface area contributed by atoms with Crippen molar-refractivity contribution in [1.82, 2.24) is 9.80 Å². The van der Waals surface area contributed by atoms with Gasteiger partial charge in [-0.15, -0.1) is 0 Å². The SMILES string of the molecule is COC[C@@H]1CN(CC2CC2)C[C@]12CCN(Cc1cccc(F)c1)C2. The number of hydrogen-bond donors (Lipinski definition) is 0. The number of benzene rings is 1. The van der Waals surface area contributed by atoms with E-state index < -0.39 is 0 Å². The van der Waals surface area contributed by atoms with Gasteiger partial charge in [0.1, 0.15) is 5.82 Å². The lowest BCUT2D eigenvalue weighted by atomic mass is 9.77. The molecule has 3 aliphatic rings. The maximum absolute atomic E-state index is 13.4. The van der Waals surface area contributed by atoms with Crippen molar-refractivity contribution >= 4 is 0 Å². The van der Waals surface area contributed by atoms with Crippen molar-refractivity contribution in [3.05, 3.63) is 35.6 Å². The molecule has 0 N–H and O–H groups in total. The van der Waals surface area contributed by atoms with E-state index in [2.05, 4.69) is 9.80 Å². The van der Waals surface area contributed by atoms with Crippen molar-refractivity contribution in [2.45, 2.75) is 25.8 Å². The highest BCUT2D eigenvalue weighted by Gasteiger charge is 2.50. The molecule has 4 heteroatoms. The number of methoxy groups -OCH3 is 1. The zero-order valence-electron chi connectivity index (χ0n) is 14.7. The van der Waals surface area contributed by atoms with Crippen molar-refractivity contribution in [3.8, 4) is 0 Å². The van der Waals surface area contributed by atoms with Crippen molar-refractivity contribution < 1.29 is 9.13 Å². The van der Waals surface area contributed by atoms with E-state index in [1.54, 1.807) is 6.07 Å². The average Bonchev–Trinajstić information content (AvgIpc) is 3.18. The van der Waals surface area contributed by atoms with Gasteiger partial charge in [-0.05, 0) is 49.4 Å². The summed E-state index contributed by atoms with van der Waals surface area (Å²) < 4.78 is 19.0. The molecule has 1 spiro atoms. The highest BCUT2D eigenvalue weighted by Crippen LogP contribution is 2.45. The Labute approximate surface area is 144 Å². The molecule has 0 aromatic heterocycles. The molecule has 0 amide bonds. The Bertz CT molecular complexity index is 577. The van der Waals surface area contributed by atoms with Gasteiger partial charge in [0.25, 0.3) is 0 Å². The molecule has 1 aromatic carbocycles. The van der Waals surface area contributed by atoms with Crippen LogP contribution in [0.1, 0.15) is 24.8 Å². The molecular formula is C20H29FN2O. The largest absolute Gasteiger partial charge is 0.384 e. The van der Waals surface area contributed by atoms with Gasteiger partial charge in [-0.1, -0.05) is 12.1 Å². The van der Waals surface area contributed by atoms with Crippen LogP contribution in [0.25, 0.3) is 0 Å². The Balaban J connectivity index is 1.42. The topological polar surface area (TPSA) is 15.7 Å². The van der Waals surface area contributed by atoms with Gasteiger partial charge in [0, 0.05) is 51.2 Å². The van der Waals surface area contributed by atoms with Crippen molar-refractivity contribution in [3.63, 3.8) is 0 Å². The number of ether oxygens (including phenoxy) is 1. The standard InChI is InChI=1S/C20H29FN2O/c1-24-13-18-12-23(10-16-5-6-16)15-20(18)7-8-22(14-20)11-17-3-2-4-19(21)9-17/h2-4,9,16,18H,5-8,10-15H2,1H3/t18-,20+/m0/s1. The fraction of sp³-hybridized carbons (Fsp3) is 0.700. The Morgan fingerprint density at radius 1 is 1.25 bits per heavy atom. The molecule has 4 rings (SSSR count). The lowest BCUT2D eigenvalue weighted by Gasteiger charge is -2.30. The first-order valence-corrected chi connectivity index (χ1v) is 9.35. The summed E-state index contributed by atoms with van der Waals surface area (Å²) in [5.74, 6) is 1.46. The van der Waals surface area contributed by atoms with Gasteiger partial charge in [0.05, 0.1) is 6.61 Å². The first-order chi connectivity index (χ1) is 11.7. The molecule has 3 fully saturated rings. The molecule has 2 atom stereocenters. The van der Waals surface area contributed by atoms with Gasteiger partial charge in [-0.3, -0.25) is 4.90 Å². The van der Waals surface area contributed by atoms with E-state index in [9.17, 15) is 4.39 Å². The van der Waals surface area contributed by atoms with Gasteiger partial charge in [0.15, 0.2) is 0 Å². The first kappa shape index (κ1) is 16.5. The molecule has 132 valence electrons. The van der Waals surface area contributed by atoms with Gasteiger partial charge >= 0.3 is 0 Å². The van der Waals surface area contributed by atoms with Crippen LogP contribution in [0.15, 0.2) is 24.3 Å². The molecule has 24 heavy (non-hydrogen) atoms. The summed E-state index contributed by atoms with van der Waals surface area (Å²) in [5.41, 5.74) is 1.46. The van der Waals surface area contributed by atoms with Gasteiger partial charge < -0.3 is 9.64 Å². The molecule has 0 radical (unpaired) electrons. The van der Waals surface area contributed by atoms with Crippen LogP contribution >= 0.6 is 0 Å². The minimum absolute atomic E-state index is 0.129. The lowest BCUT2D eigenvalue weighted by Crippen LogP contribution is -2.36. The molecule has 2 aliphatic heterocycles. The fourth-order valence-corrected chi connectivity index (χ4v) is 4.85. The first-order valence-electron chi connectivity index (χ1n) is 9.35. The maximum atomic E-state index is 13.4. The zero-order valence-corrected chi connectivity index (χ0v) is 14.7. The van der Waals surface area contributed by atoms with E-state index in [0.717, 1.165) is 37.7 Å². The highest BCUT2D eigenvalue weighted by molar-refractivity contribution is 5.17. The summed E-state index contributed by atoms with van der Waals surface area (Å²) in [4.78, 5) is 5.20. The number of halogens is 1. The van der Waals surface area contributed by atoms with E-state index >= 15 is 0 Å². The Kier molecular flexibility index (Phi) is 4.63. The third kappa shape index (κ3) is 3.51. The molecule has 1 aromatic rings. The van der Waals surface area contributed by atoms with E-state index in [0.29, 0.717) is 11.3 Å². The average molecular weight is 332 g/mol. The van der Waals surface area contributed by atoms with E-state index in [-0.39, 0.29) is 5.82 Å². The summed E-state index contributed by atoms with van der Waals surface area (Å²) in [6, 6.07) is 7.05. The third-order valence-electron chi connectivity index (χ3n) is 6.22. The molecule has 0 unspecified atom stereocenters. The minimum atomic E-state index is -0.129. The Hall–Kier alpha value is -0.970. The summed E-state index contributed by atoms with van der Waals surface area (Å²) in [7, 11) is 1.83. The minimum Gasteiger partial charge on any atom is -0.384 e. The quantitative estimate of drug-likeness (QED) is 0.796. The summed E-state index contributed by atoms with van der Waals surface area (Å²) in [5, 5.41) is 0. The number of likely N-dealkylation sites (tertiary alicyclic amines) is 2. The molecule has 1 aliphatic carbocycles.